The minimum absolute atomic E-state index is 0.0402. The quantitative estimate of drug-likeness (QED) is 0.490. The molecule has 2 aliphatic heterocycles. The molecule has 2 atom stereocenters. The number of rotatable bonds is 7. The molecule has 0 saturated carbocycles. The van der Waals surface area contributed by atoms with Crippen LogP contribution in [-0.4, -0.2) is 69.8 Å². The third-order valence-electron chi connectivity index (χ3n) is 7.58. The second-order valence-electron chi connectivity index (χ2n) is 10.1. The maximum absolute atomic E-state index is 11.2. The fraction of sp³-hybridized carbons (Fsp3) is 0.538. The van der Waals surface area contributed by atoms with Gasteiger partial charge in [0.1, 0.15) is 11.3 Å². The maximum Gasteiger partial charge on any atom is 0.216 e. The first-order chi connectivity index (χ1) is 17.3. The molecule has 1 unspecified atom stereocenters. The van der Waals surface area contributed by atoms with Crippen molar-refractivity contribution in [3.05, 3.63) is 45.7 Å². The second-order valence-corrected chi connectivity index (χ2v) is 11.0. The van der Waals surface area contributed by atoms with E-state index >= 15 is 0 Å². The van der Waals surface area contributed by atoms with Crippen LogP contribution < -0.4 is 10.2 Å². The van der Waals surface area contributed by atoms with Gasteiger partial charge < -0.3 is 15.1 Å². The van der Waals surface area contributed by atoms with E-state index in [9.17, 15) is 4.79 Å². The van der Waals surface area contributed by atoms with E-state index in [-0.39, 0.29) is 11.9 Å². The predicted molar refractivity (Wildman–Crippen MR) is 144 cm³/mol. The molecular formula is C26H33Cl2N7O. The number of amides is 1. The fourth-order valence-electron chi connectivity index (χ4n) is 5.50. The van der Waals surface area contributed by atoms with Gasteiger partial charge in [-0.25, -0.2) is 14.6 Å². The summed E-state index contributed by atoms with van der Waals surface area (Å²) in [4.78, 5) is 25.7. The number of aromatic nitrogens is 4. The lowest BCUT2D eigenvalue weighted by Gasteiger charge is -2.47. The van der Waals surface area contributed by atoms with E-state index in [2.05, 4.69) is 22.0 Å². The summed E-state index contributed by atoms with van der Waals surface area (Å²) in [6.07, 6.45) is 4.36. The van der Waals surface area contributed by atoms with E-state index in [0.717, 1.165) is 67.5 Å². The Morgan fingerprint density at radius 2 is 2.03 bits per heavy atom. The van der Waals surface area contributed by atoms with E-state index in [1.807, 2.05) is 29.9 Å². The summed E-state index contributed by atoms with van der Waals surface area (Å²) in [7, 11) is 0. The Morgan fingerprint density at radius 3 is 2.78 bits per heavy atom. The standard InChI is InChI=1S/C26H33Cl2N7O/c1-16-25-26(35(32-16)17(2)22-7-6-21(27)11-23(22)28)31-24(12-30-25)34-14-20(15-34)19-5-4-9-33(13-19)10-8-29-18(3)36/h6-7,11-12,17,19-20H,4-5,8-10,13-15H2,1-3H3,(H,29,36)/t17-,19?/m1/s1. The average Bonchev–Trinajstić information content (AvgIpc) is 3.14. The van der Waals surface area contributed by atoms with Crippen LogP contribution in [0.1, 0.15) is 44.0 Å². The highest BCUT2D eigenvalue weighted by Gasteiger charge is 2.36. The first kappa shape index (κ1) is 25.2. The number of nitrogens with one attached hydrogen (secondary N) is 1. The van der Waals surface area contributed by atoms with Crippen molar-refractivity contribution in [2.45, 2.75) is 39.7 Å². The summed E-state index contributed by atoms with van der Waals surface area (Å²) < 4.78 is 1.92. The predicted octanol–water partition coefficient (Wildman–Crippen LogP) is 4.34. The van der Waals surface area contributed by atoms with Crippen LogP contribution in [0.15, 0.2) is 24.4 Å². The minimum atomic E-state index is -0.106. The van der Waals surface area contributed by atoms with Crippen molar-refractivity contribution in [2.75, 3.05) is 44.2 Å². The summed E-state index contributed by atoms with van der Waals surface area (Å²) >= 11 is 12.6. The van der Waals surface area contributed by atoms with Gasteiger partial charge >= 0.3 is 0 Å². The molecule has 0 spiro atoms. The number of aryl methyl sites for hydroxylation is 1. The summed E-state index contributed by atoms with van der Waals surface area (Å²) in [5.74, 6) is 2.28. The highest BCUT2D eigenvalue weighted by atomic mass is 35.5. The molecule has 10 heteroatoms. The molecule has 3 aromatic rings. The lowest BCUT2D eigenvalue weighted by atomic mass is 9.80. The number of hydrogen-bond acceptors (Lipinski definition) is 6. The zero-order chi connectivity index (χ0) is 25.4. The van der Waals surface area contributed by atoms with Crippen molar-refractivity contribution in [1.82, 2.24) is 30.0 Å². The molecule has 8 nitrogen and oxygen atoms in total. The zero-order valence-electron chi connectivity index (χ0n) is 21.0. The number of carbonyl (C=O) groups excluding carboxylic acids is 1. The topological polar surface area (TPSA) is 79.2 Å². The third kappa shape index (κ3) is 5.17. The molecule has 36 heavy (non-hydrogen) atoms. The van der Waals surface area contributed by atoms with Crippen LogP contribution in [0.4, 0.5) is 5.82 Å². The molecule has 0 radical (unpaired) electrons. The number of benzene rings is 1. The van der Waals surface area contributed by atoms with Gasteiger partial charge in [0.15, 0.2) is 5.65 Å². The molecule has 2 aromatic heterocycles. The highest BCUT2D eigenvalue weighted by molar-refractivity contribution is 6.35. The number of anilines is 1. The van der Waals surface area contributed by atoms with E-state index in [0.29, 0.717) is 21.9 Å². The Bertz CT molecular complexity index is 1260. The molecule has 2 saturated heterocycles. The monoisotopic (exact) mass is 529 g/mol. The highest BCUT2D eigenvalue weighted by Crippen LogP contribution is 2.35. The molecular weight excluding hydrogens is 497 g/mol. The lowest BCUT2D eigenvalue weighted by molar-refractivity contribution is -0.119. The lowest BCUT2D eigenvalue weighted by Crippen LogP contribution is -2.54. The van der Waals surface area contributed by atoms with Crippen LogP contribution in [0.3, 0.4) is 0 Å². The SMILES string of the molecule is CC(=O)NCCN1CCCC(C2CN(c3cnc4c(C)nn([C@H](C)c5ccc(Cl)cc5Cl)c4n3)C2)C1. The minimum Gasteiger partial charge on any atom is -0.355 e. The van der Waals surface area contributed by atoms with Gasteiger partial charge in [0.2, 0.25) is 5.91 Å². The molecule has 5 rings (SSSR count). The summed E-state index contributed by atoms with van der Waals surface area (Å²) in [5, 5.41) is 8.90. The van der Waals surface area contributed by atoms with E-state index < -0.39 is 0 Å². The summed E-state index contributed by atoms with van der Waals surface area (Å²) in [6, 6.07) is 5.45. The first-order valence-corrected chi connectivity index (χ1v) is 13.4. The number of fused-ring (bicyclic) bond motifs is 1. The van der Waals surface area contributed by atoms with E-state index in [1.54, 1.807) is 13.0 Å². The maximum atomic E-state index is 11.2. The smallest absolute Gasteiger partial charge is 0.216 e. The Balaban J connectivity index is 1.27. The molecule has 192 valence electrons. The van der Waals surface area contributed by atoms with Crippen molar-refractivity contribution >= 4 is 46.1 Å². The number of nitrogens with zero attached hydrogens (tertiary/aromatic N) is 6. The van der Waals surface area contributed by atoms with Gasteiger partial charge in [-0.3, -0.25) is 4.79 Å². The third-order valence-corrected chi connectivity index (χ3v) is 8.15. The van der Waals surface area contributed by atoms with Crippen molar-refractivity contribution in [3.8, 4) is 0 Å². The van der Waals surface area contributed by atoms with Crippen LogP contribution in [0.5, 0.6) is 0 Å². The van der Waals surface area contributed by atoms with Gasteiger partial charge in [-0.05, 0) is 62.8 Å². The molecule has 1 aromatic carbocycles. The van der Waals surface area contributed by atoms with Crippen LogP contribution in [0.25, 0.3) is 11.2 Å². The van der Waals surface area contributed by atoms with Crippen molar-refractivity contribution in [3.63, 3.8) is 0 Å². The Labute approximate surface area is 222 Å². The van der Waals surface area contributed by atoms with Crippen LogP contribution in [-0.2, 0) is 4.79 Å². The zero-order valence-corrected chi connectivity index (χ0v) is 22.6. The van der Waals surface area contributed by atoms with Gasteiger partial charge in [0, 0.05) is 49.7 Å². The van der Waals surface area contributed by atoms with Gasteiger partial charge in [-0.15, -0.1) is 0 Å². The number of halogens is 2. The Kier molecular flexibility index (Phi) is 7.37. The average molecular weight is 531 g/mol. The molecule has 2 fully saturated rings. The Morgan fingerprint density at radius 1 is 1.22 bits per heavy atom. The molecule has 0 bridgehead atoms. The summed E-state index contributed by atoms with van der Waals surface area (Å²) in [5.41, 5.74) is 3.38. The van der Waals surface area contributed by atoms with Gasteiger partial charge in [0.05, 0.1) is 17.9 Å². The molecule has 1 amide bonds. The number of carbonyl (C=O) groups is 1. The van der Waals surface area contributed by atoms with Gasteiger partial charge in [-0.1, -0.05) is 29.3 Å². The molecule has 4 heterocycles. The van der Waals surface area contributed by atoms with E-state index in [4.69, 9.17) is 38.3 Å². The second kappa shape index (κ2) is 10.5. The largest absolute Gasteiger partial charge is 0.355 e. The summed E-state index contributed by atoms with van der Waals surface area (Å²) in [6.45, 7) is 11.5. The number of piperidine rings is 1. The Hall–Kier alpha value is -2.42. The van der Waals surface area contributed by atoms with Crippen molar-refractivity contribution < 1.29 is 4.79 Å². The van der Waals surface area contributed by atoms with Crippen LogP contribution >= 0.6 is 23.2 Å². The van der Waals surface area contributed by atoms with Crippen LogP contribution in [0, 0.1) is 18.8 Å². The fourth-order valence-corrected chi connectivity index (χ4v) is 6.07. The molecule has 2 aliphatic rings. The van der Waals surface area contributed by atoms with Crippen molar-refractivity contribution in [2.24, 2.45) is 11.8 Å². The first-order valence-electron chi connectivity index (χ1n) is 12.7. The van der Waals surface area contributed by atoms with Crippen LogP contribution in [0.2, 0.25) is 10.0 Å². The van der Waals surface area contributed by atoms with Crippen molar-refractivity contribution in [1.29, 1.82) is 0 Å². The molecule has 0 aliphatic carbocycles. The molecule has 1 N–H and O–H groups in total. The van der Waals surface area contributed by atoms with Gasteiger partial charge in [-0.2, -0.15) is 5.10 Å². The number of hydrogen-bond donors (Lipinski definition) is 1. The number of likely N-dealkylation sites (tertiary alicyclic amines) is 1. The van der Waals surface area contributed by atoms with E-state index in [1.165, 1.54) is 12.8 Å². The normalized spacial score (nSPS) is 19.9. The van der Waals surface area contributed by atoms with Gasteiger partial charge in [0.25, 0.3) is 0 Å².